The lowest BCUT2D eigenvalue weighted by Gasteiger charge is -2.26. The molecule has 1 fully saturated rings. The van der Waals surface area contributed by atoms with Crippen LogP contribution < -0.4 is 0 Å². The summed E-state index contributed by atoms with van der Waals surface area (Å²) in [6.45, 7) is 1.01. The van der Waals surface area contributed by atoms with Crippen LogP contribution in [0.1, 0.15) is 14.5 Å². The van der Waals surface area contributed by atoms with Crippen molar-refractivity contribution in [3.05, 3.63) is 40.1 Å². The number of morpholine rings is 1. The highest BCUT2D eigenvalue weighted by molar-refractivity contribution is 7.89. The van der Waals surface area contributed by atoms with Gasteiger partial charge in [-0.2, -0.15) is 17.5 Å². The molecule has 6 nitrogen and oxygen atoms in total. The Bertz CT molecular complexity index is 962. The van der Waals surface area contributed by atoms with Crippen molar-refractivity contribution in [3.63, 3.8) is 0 Å². The summed E-state index contributed by atoms with van der Waals surface area (Å²) in [7, 11) is -2.67. The largest absolute Gasteiger partial charge is 0.465 e. The Morgan fingerprint density at radius 3 is 2.32 bits per heavy atom. The van der Waals surface area contributed by atoms with Crippen LogP contribution in [-0.4, -0.2) is 52.1 Å². The highest BCUT2D eigenvalue weighted by Crippen LogP contribution is 2.43. The monoisotopic (exact) mass is 435 g/mol. The lowest BCUT2D eigenvalue weighted by molar-refractivity contribution is -0.133. The van der Waals surface area contributed by atoms with Gasteiger partial charge in [-0.3, -0.25) is 0 Å². The van der Waals surface area contributed by atoms with Gasteiger partial charge in [0.15, 0.2) is 0 Å². The SMILES string of the molecule is COC(=O)c1cc(-c2ccc(S(=O)(=O)N3CCOCC3)cc2)c(C(F)(F)F)s1. The molecule has 1 saturated heterocycles. The number of carbonyl (C=O) groups excluding carboxylic acids is 1. The first kappa shape index (κ1) is 20.8. The molecule has 1 aromatic carbocycles. The van der Waals surface area contributed by atoms with E-state index >= 15 is 0 Å². The number of thiophene rings is 1. The molecule has 0 spiro atoms. The lowest BCUT2D eigenvalue weighted by Crippen LogP contribution is -2.40. The molecule has 3 rings (SSSR count). The van der Waals surface area contributed by atoms with Crippen LogP contribution in [-0.2, 0) is 25.7 Å². The molecular weight excluding hydrogens is 419 g/mol. The van der Waals surface area contributed by atoms with Crippen molar-refractivity contribution in [1.82, 2.24) is 4.31 Å². The van der Waals surface area contributed by atoms with Gasteiger partial charge in [-0.15, -0.1) is 11.3 Å². The molecule has 0 amide bonds. The second kappa shape index (κ2) is 7.82. The number of alkyl halides is 3. The summed E-state index contributed by atoms with van der Waals surface area (Å²) in [6.07, 6.45) is -4.66. The van der Waals surface area contributed by atoms with Crippen LogP contribution in [0.5, 0.6) is 0 Å². The summed E-state index contributed by atoms with van der Waals surface area (Å²) in [6, 6.07) is 6.22. The molecule has 152 valence electrons. The van der Waals surface area contributed by atoms with Gasteiger partial charge in [0.25, 0.3) is 0 Å². The van der Waals surface area contributed by atoms with Gasteiger partial charge in [0.1, 0.15) is 9.75 Å². The number of sulfonamides is 1. The minimum atomic E-state index is -4.66. The maximum atomic E-state index is 13.4. The van der Waals surface area contributed by atoms with Crippen LogP contribution in [0.15, 0.2) is 35.2 Å². The highest BCUT2D eigenvalue weighted by Gasteiger charge is 2.37. The van der Waals surface area contributed by atoms with Gasteiger partial charge in [-0.1, -0.05) is 12.1 Å². The Morgan fingerprint density at radius 1 is 1.18 bits per heavy atom. The van der Waals surface area contributed by atoms with E-state index in [4.69, 9.17) is 4.74 Å². The quantitative estimate of drug-likeness (QED) is 0.690. The average Bonchev–Trinajstić information content (AvgIpc) is 3.14. The van der Waals surface area contributed by atoms with Gasteiger partial charge in [-0.25, -0.2) is 13.2 Å². The Labute approximate surface area is 163 Å². The van der Waals surface area contributed by atoms with Crippen LogP contribution in [0.4, 0.5) is 13.2 Å². The van der Waals surface area contributed by atoms with E-state index in [2.05, 4.69) is 4.74 Å². The van der Waals surface area contributed by atoms with Crippen molar-refractivity contribution < 1.29 is 35.9 Å². The predicted octanol–water partition coefficient (Wildman–Crippen LogP) is 3.24. The summed E-state index contributed by atoms with van der Waals surface area (Å²) in [5, 5.41) is 0. The lowest BCUT2D eigenvalue weighted by atomic mass is 10.1. The van der Waals surface area contributed by atoms with Crippen LogP contribution in [0, 0.1) is 0 Å². The van der Waals surface area contributed by atoms with E-state index in [0.29, 0.717) is 0 Å². The molecule has 2 aromatic rings. The molecule has 0 aliphatic carbocycles. The fourth-order valence-electron chi connectivity index (χ4n) is 2.76. The number of nitrogens with zero attached hydrogens (tertiary/aromatic N) is 1. The first-order chi connectivity index (χ1) is 13.1. The van der Waals surface area contributed by atoms with E-state index < -0.39 is 27.0 Å². The third kappa shape index (κ3) is 4.07. The zero-order valence-electron chi connectivity index (χ0n) is 14.7. The van der Waals surface area contributed by atoms with Gasteiger partial charge in [0.2, 0.25) is 10.0 Å². The van der Waals surface area contributed by atoms with Gasteiger partial charge in [0, 0.05) is 18.7 Å². The number of ether oxygens (including phenoxy) is 2. The maximum absolute atomic E-state index is 13.4. The van der Waals surface area contributed by atoms with E-state index in [-0.39, 0.29) is 58.5 Å². The van der Waals surface area contributed by atoms with E-state index in [9.17, 15) is 26.4 Å². The topological polar surface area (TPSA) is 72.9 Å². The summed E-state index contributed by atoms with van der Waals surface area (Å²) < 4.78 is 76.3. The first-order valence-electron chi connectivity index (χ1n) is 8.12. The predicted molar refractivity (Wildman–Crippen MR) is 95.7 cm³/mol. The maximum Gasteiger partial charge on any atom is 0.426 e. The molecule has 2 heterocycles. The molecule has 1 aliphatic rings. The summed E-state index contributed by atoms with van der Waals surface area (Å²) in [5.74, 6) is -0.867. The Morgan fingerprint density at radius 2 is 1.79 bits per heavy atom. The standard InChI is InChI=1S/C17H16F3NO5S2/c1-25-16(22)14-10-13(15(27-14)17(18,19)20)11-2-4-12(5-3-11)28(23,24)21-6-8-26-9-7-21/h2-5,10H,6-9H2,1H3. The number of halogens is 3. The Kier molecular flexibility index (Phi) is 5.80. The van der Waals surface area contributed by atoms with E-state index in [1.54, 1.807) is 0 Å². The number of rotatable bonds is 4. The minimum absolute atomic E-state index is 0.0184. The normalized spacial score (nSPS) is 16.1. The number of hydrogen-bond acceptors (Lipinski definition) is 6. The molecule has 0 radical (unpaired) electrons. The number of methoxy groups -OCH3 is 1. The van der Waals surface area contributed by atoms with Crippen molar-refractivity contribution in [3.8, 4) is 11.1 Å². The molecule has 0 bridgehead atoms. The second-order valence-corrected chi connectivity index (χ2v) is 8.87. The van der Waals surface area contributed by atoms with Gasteiger partial charge in [-0.05, 0) is 23.8 Å². The van der Waals surface area contributed by atoms with Gasteiger partial charge in [0.05, 0.1) is 25.2 Å². The van der Waals surface area contributed by atoms with Gasteiger partial charge >= 0.3 is 12.1 Å². The number of hydrogen-bond donors (Lipinski definition) is 0. The number of carbonyl (C=O) groups is 1. The Balaban J connectivity index is 1.97. The highest BCUT2D eigenvalue weighted by atomic mass is 32.2. The van der Waals surface area contributed by atoms with Gasteiger partial charge < -0.3 is 9.47 Å². The van der Waals surface area contributed by atoms with E-state index in [0.717, 1.165) is 13.2 Å². The molecule has 0 unspecified atom stereocenters. The molecule has 1 aliphatic heterocycles. The molecule has 0 atom stereocenters. The summed E-state index contributed by atoms with van der Waals surface area (Å²) in [5.41, 5.74) is -0.0483. The zero-order valence-corrected chi connectivity index (χ0v) is 16.3. The Hall–Kier alpha value is -1.95. The third-order valence-electron chi connectivity index (χ3n) is 4.15. The van der Waals surface area contributed by atoms with Crippen molar-refractivity contribution in [2.24, 2.45) is 0 Å². The second-order valence-electron chi connectivity index (χ2n) is 5.88. The van der Waals surface area contributed by atoms with Crippen molar-refractivity contribution in [2.75, 3.05) is 33.4 Å². The average molecular weight is 435 g/mol. The summed E-state index contributed by atoms with van der Waals surface area (Å²) >= 11 is 0.287. The first-order valence-corrected chi connectivity index (χ1v) is 10.4. The van der Waals surface area contributed by atoms with E-state index in [1.807, 2.05) is 0 Å². The minimum Gasteiger partial charge on any atom is -0.465 e. The summed E-state index contributed by atoms with van der Waals surface area (Å²) in [4.78, 5) is 10.5. The third-order valence-corrected chi connectivity index (χ3v) is 7.22. The zero-order chi connectivity index (χ0) is 20.5. The van der Waals surface area contributed by atoms with Crippen LogP contribution in [0.25, 0.3) is 11.1 Å². The molecule has 11 heteroatoms. The van der Waals surface area contributed by atoms with Crippen LogP contribution >= 0.6 is 11.3 Å². The molecule has 0 saturated carbocycles. The number of benzene rings is 1. The molecular formula is C17H16F3NO5S2. The molecule has 1 aromatic heterocycles. The fourth-order valence-corrected chi connectivity index (χ4v) is 5.13. The van der Waals surface area contributed by atoms with Crippen molar-refractivity contribution in [2.45, 2.75) is 11.1 Å². The molecule has 28 heavy (non-hydrogen) atoms. The van der Waals surface area contributed by atoms with Crippen molar-refractivity contribution in [1.29, 1.82) is 0 Å². The smallest absolute Gasteiger partial charge is 0.426 e. The van der Waals surface area contributed by atoms with Crippen LogP contribution in [0.2, 0.25) is 0 Å². The van der Waals surface area contributed by atoms with E-state index in [1.165, 1.54) is 28.6 Å². The fraction of sp³-hybridized carbons (Fsp3) is 0.353. The van der Waals surface area contributed by atoms with Crippen LogP contribution in [0.3, 0.4) is 0 Å². The number of esters is 1. The molecule has 0 N–H and O–H groups in total. The van der Waals surface area contributed by atoms with Crippen molar-refractivity contribution >= 4 is 27.3 Å².